The molecule has 5 heteroatoms. The highest BCUT2D eigenvalue weighted by Gasteiger charge is 2.18. The predicted molar refractivity (Wildman–Crippen MR) is 105 cm³/mol. The molecule has 3 aromatic rings. The van der Waals surface area contributed by atoms with Crippen molar-refractivity contribution in [2.75, 3.05) is 6.61 Å². The van der Waals surface area contributed by atoms with Crippen LogP contribution in [0.2, 0.25) is 5.02 Å². The van der Waals surface area contributed by atoms with Crippen molar-refractivity contribution in [3.05, 3.63) is 62.7 Å². The molecule has 0 bridgehead atoms. The van der Waals surface area contributed by atoms with Crippen LogP contribution in [-0.4, -0.2) is 17.6 Å². The van der Waals surface area contributed by atoms with Crippen LogP contribution in [0.15, 0.2) is 40.9 Å². The van der Waals surface area contributed by atoms with E-state index >= 15 is 0 Å². The summed E-state index contributed by atoms with van der Waals surface area (Å²) in [5.41, 5.74) is 4.89. The second-order valence-electron chi connectivity index (χ2n) is 5.78. The molecule has 0 saturated carbocycles. The van der Waals surface area contributed by atoms with E-state index in [2.05, 4.69) is 20.9 Å². The zero-order valence-electron chi connectivity index (χ0n) is 14.2. The molecule has 0 fully saturated rings. The van der Waals surface area contributed by atoms with Gasteiger partial charge in [0.15, 0.2) is 0 Å². The number of hydrogen-bond acceptors (Lipinski definition) is 3. The molecule has 0 spiro atoms. The minimum Gasteiger partial charge on any atom is -0.461 e. The summed E-state index contributed by atoms with van der Waals surface area (Å²) in [7, 11) is 0. The average molecular weight is 419 g/mol. The molecule has 0 radical (unpaired) electrons. The van der Waals surface area contributed by atoms with Gasteiger partial charge in [-0.3, -0.25) is 0 Å². The summed E-state index contributed by atoms with van der Waals surface area (Å²) >= 11 is 10.1. The van der Waals surface area contributed by atoms with Crippen LogP contribution in [0, 0.1) is 13.8 Å². The van der Waals surface area contributed by atoms with Crippen molar-refractivity contribution in [3.8, 4) is 11.1 Å². The summed E-state index contributed by atoms with van der Waals surface area (Å²) in [5.74, 6) is -0.434. The first-order valence-electron chi connectivity index (χ1n) is 7.96. The zero-order chi connectivity index (χ0) is 18.1. The van der Waals surface area contributed by atoms with Crippen molar-refractivity contribution in [1.29, 1.82) is 0 Å². The molecule has 25 heavy (non-hydrogen) atoms. The molecule has 1 aromatic heterocycles. The number of carbonyl (C=O) groups is 1. The van der Waals surface area contributed by atoms with Gasteiger partial charge in [0.1, 0.15) is 5.69 Å². The first kappa shape index (κ1) is 17.9. The second-order valence-corrected chi connectivity index (χ2v) is 6.98. The van der Waals surface area contributed by atoms with Crippen LogP contribution in [0.5, 0.6) is 0 Å². The van der Waals surface area contributed by atoms with E-state index in [0.717, 1.165) is 37.6 Å². The molecule has 0 saturated heterocycles. The molecule has 0 aliphatic carbocycles. The largest absolute Gasteiger partial charge is 0.461 e. The normalized spacial score (nSPS) is 10.9. The molecule has 0 amide bonds. The Balaban J connectivity index is 2.41. The van der Waals surface area contributed by atoms with Crippen LogP contribution in [0.1, 0.15) is 28.5 Å². The molecule has 0 unspecified atom stereocenters. The predicted octanol–water partition coefficient (Wildman–Crippen LogP) is 6.11. The van der Waals surface area contributed by atoms with Crippen LogP contribution < -0.4 is 0 Å². The fourth-order valence-electron chi connectivity index (χ4n) is 2.94. The summed E-state index contributed by atoms with van der Waals surface area (Å²) in [6, 6.07) is 11.3. The lowest BCUT2D eigenvalue weighted by molar-refractivity contribution is 0.0520. The van der Waals surface area contributed by atoms with Gasteiger partial charge in [-0.2, -0.15) is 0 Å². The van der Waals surface area contributed by atoms with Gasteiger partial charge in [0.2, 0.25) is 0 Å². The zero-order valence-corrected chi connectivity index (χ0v) is 16.5. The Labute approximate surface area is 160 Å². The first-order valence-corrected chi connectivity index (χ1v) is 9.13. The molecule has 0 atom stereocenters. The van der Waals surface area contributed by atoms with Crippen molar-refractivity contribution in [2.45, 2.75) is 20.8 Å². The van der Waals surface area contributed by atoms with Crippen molar-refractivity contribution >= 4 is 44.4 Å². The Kier molecular flexibility index (Phi) is 5.11. The number of hydrogen-bond donors (Lipinski definition) is 0. The Hall–Kier alpha value is -1.91. The monoisotopic (exact) mass is 417 g/mol. The lowest BCUT2D eigenvalue weighted by Crippen LogP contribution is -2.08. The number of halogens is 2. The number of ether oxygens (including phenoxy) is 1. The van der Waals surface area contributed by atoms with Gasteiger partial charge in [0.25, 0.3) is 0 Å². The van der Waals surface area contributed by atoms with E-state index in [4.69, 9.17) is 16.3 Å². The van der Waals surface area contributed by atoms with E-state index < -0.39 is 5.97 Å². The van der Waals surface area contributed by atoms with Gasteiger partial charge in [-0.1, -0.05) is 45.7 Å². The Morgan fingerprint density at radius 3 is 2.60 bits per heavy atom. The van der Waals surface area contributed by atoms with Crippen LogP contribution >= 0.6 is 27.5 Å². The molecular weight excluding hydrogens is 402 g/mol. The van der Waals surface area contributed by atoms with Gasteiger partial charge in [0, 0.05) is 20.4 Å². The molecular formula is C20H17BrClNO2. The van der Waals surface area contributed by atoms with Gasteiger partial charge in [0.05, 0.1) is 12.1 Å². The van der Waals surface area contributed by atoms with E-state index in [9.17, 15) is 4.79 Å². The van der Waals surface area contributed by atoms with E-state index in [0.29, 0.717) is 11.6 Å². The van der Waals surface area contributed by atoms with Crippen LogP contribution in [0.25, 0.3) is 22.0 Å². The van der Waals surface area contributed by atoms with Crippen molar-refractivity contribution < 1.29 is 9.53 Å². The van der Waals surface area contributed by atoms with Gasteiger partial charge < -0.3 is 4.74 Å². The molecule has 128 valence electrons. The first-order chi connectivity index (χ1) is 11.9. The topological polar surface area (TPSA) is 39.2 Å². The maximum absolute atomic E-state index is 12.3. The van der Waals surface area contributed by atoms with Crippen LogP contribution in [0.3, 0.4) is 0 Å². The van der Waals surface area contributed by atoms with Crippen LogP contribution in [0.4, 0.5) is 0 Å². The SMILES string of the molecule is CCOC(=O)c1cc(-c2ccccc2Cl)c2c(C)c(Br)c(C)cc2n1. The van der Waals surface area contributed by atoms with E-state index in [-0.39, 0.29) is 5.69 Å². The highest BCUT2D eigenvalue weighted by molar-refractivity contribution is 9.10. The minimum atomic E-state index is -0.434. The number of carbonyl (C=O) groups excluding carboxylic acids is 1. The number of nitrogens with zero attached hydrogens (tertiary/aromatic N) is 1. The standard InChI is InChI=1S/C20H17BrClNO2/c1-4-25-20(24)17-10-14(13-7-5-6-8-15(13)22)18-12(3)19(21)11(2)9-16(18)23-17/h5-10H,4H2,1-3H3. The number of esters is 1. The second kappa shape index (κ2) is 7.14. The third-order valence-corrected chi connectivity index (χ3v) is 5.65. The smallest absolute Gasteiger partial charge is 0.356 e. The molecule has 0 N–H and O–H groups in total. The quantitative estimate of drug-likeness (QED) is 0.482. The molecule has 0 aliphatic heterocycles. The minimum absolute atomic E-state index is 0.283. The fraction of sp³-hybridized carbons (Fsp3) is 0.200. The van der Waals surface area contributed by atoms with Gasteiger partial charge in [-0.05, 0) is 55.7 Å². The molecule has 3 nitrogen and oxygen atoms in total. The summed E-state index contributed by atoms with van der Waals surface area (Å²) in [5, 5.41) is 1.60. The van der Waals surface area contributed by atoms with Crippen LogP contribution in [-0.2, 0) is 4.74 Å². The van der Waals surface area contributed by atoms with Crippen molar-refractivity contribution in [2.24, 2.45) is 0 Å². The maximum atomic E-state index is 12.3. The summed E-state index contributed by atoms with van der Waals surface area (Å²) < 4.78 is 6.17. The van der Waals surface area contributed by atoms with E-state index in [1.807, 2.05) is 44.2 Å². The maximum Gasteiger partial charge on any atom is 0.356 e. The molecule has 2 aromatic carbocycles. The van der Waals surface area contributed by atoms with Crippen molar-refractivity contribution in [1.82, 2.24) is 4.98 Å². The Bertz CT molecular complexity index is 985. The number of benzene rings is 2. The van der Waals surface area contributed by atoms with Gasteiger partial charge >= 0.3 is 5.97 Å². The number of rotatable bonds is 3. The molecule has 3 rings (SSSR count). The third kappa shape index (κ3) is 3.29. The van der Waals surface area contributed by atoms with Crippen molar-refractivity contribution in [3.63, 3.8) is 0 Å². The highest BCUT2D eigenvalue weighted by Crippen LogP contribution is 2.38. The number of fused-ring (bicyclic) bond motifs is 1. The van der Waals surface area contributed by atoms with Gasteiger partial charge in [-0.15, -0.1) is 0 Å². The number of aryl methyl sites for hydroxylation is 2. The molecule has 0 aliphatic rings. The molecule has 1 heterocycles. The van der Waals surface area contributed by atoms with E-state index in [1.165, 1.54) is 0 Å². The lowest BCUT2D eigenvalue weighted by atomic mass is 9.95. The summed E-state index contributed by atoms with van der Waals surface area (Å²) in [6.07, 6.45) is 0. The average Bonchev–Trinajstić information content (AvgIpc) is 2.59. The Morgan fingerprint density at radius 1 is 1.20 bits per heavy atom. The van der Waals surface area contributed by atoms with Gasteiger partial charge in [-0.25, -0.2) is 9.78 Å². The fourth-order valence-corrected chi connectivity index (χ4v) is 3.49. The summed E-state index contributed by atoms with van der Waals surface area (Å²) in [6.45, 7) is 6.12. The lowest BCUT2D eigenvalue weighted by Gasteiger charge is -2.15. The third-order valence-electron chi connectivity index (χ3n) is 4.10. The Morgan fingerprint density at radius 2 is 1.92 bits per heavy atom. The highest BCUT2D eigenvalue weighted by atomic mass is 79.9. The van der Waals surface area contributed by atoms with E-state index in [1.54, 1.807) is 13.0 Å². The number of pyridine rings is 1. The number of aromatic nitrogens is 1. The summed E-state index contributed by atoms with van der Waals surface area (Å²) in [4.78, 5) is 16.8.